The summed E-state index contributed by atoms with van der Waals surface area (Å²) >= 11 is 0. The number of piperazine rings is 1. The highest BCUT2D eigenvalue weighted by atomic mass is 15.2. The zero-order chi connectivity index (χ0) is 15.2. The van der Waals surface area contributed by atoms with E-state index >= 15 is 0 Å². The predicted molar refractivity (Wildman–Crippen MR) is 93.4 cm³/mol. The van der Waals surface area contributed by atoms with E-state index in [1.54, 1.807) is 0 Å². The molecule has 1 atom stereocenters. The highest BCUT2D eigenvalue weighted by molar-refractivity contribution is 5.23. The molecule has 2 aliphatic heterocycles. The van der Waals surface area contributed by atoms with Crippen LogP contribution in [-0.4, -0.2) is 62.7 Å². The molecule has 2 fully saturated rings. The Hall–Kier alpha value is -0.900. The van der Waals surface area contributed by atoms with Gasteiger partial charge in [0.05, 0.1) is 0 Å². The first-order chi connectivity index (χ1) is 10.8. The molecule has 1 N–H and O–H groups in total. The highest BCUT2D eigenvalue weighted by Crippen LogP contribution is 2.17. The summed E-state index contributed by atoms with van der Waals surface area (Å²) in [6.07, 6.45) is 5.16. The van der Waals surface area contributed by atoms with Crippen molar-refractivity contribution in [2.45, 2.75) is 25.7 Å². The first-order valence-corrected chi connectivity index (χ1v) is 8.99. The largest absolute Gasteiger partial charge is 0.316 e. The minimum atomic E-state index is 0.838. The van der Waals surface area contributed by atoms with Gasteiger partial charge >= 0.3 is 0 Å². The number of piperidine rings is 1. The van der Waals surface area contributed by atoms with Crippen molar-refractivity contribution in [1.82, 2.24) is 15.1 Å². The molecule has 0 radical (unpaired) electrons. The summed E-state index contributed by atoms with van der Waals surface area (Å²) in [5.74, 6) is 0.838. The van der Waals surface area contributed by atoms with Gasteiger partial charge in [-0.15, -0.1) is 0 Å². The lowest BCUT2D eigenvalue weighted by atomic mass is 9.92. The van der Waals surface area contributed by atoms with Crippen LogP contribution in [0.15, 0.2) is 24.3 Å². The van der Waals surface area contributed by atoms with Crippen LogP contribution in [0.2, 0.25) is 0 Å². The van der Waals surface area contributed by atoms with E-state index in [1.165, 1.54) is 82.6 Å². The van der Waals surface area contributed by atoms with Crippen LogP contribution in [0, 0.1) is 5.92 Å². The van der Waals surface area contributed by atoms with E-state index < -0.39 is 0 Å². The molecule has 3 rings (SSSR count). The Balaban J connectivity index is 1.43. The number of likely N-dealkylation sites (N-methyl/N-ethyl adjacent to an activating group) is 1. The fourth-order valence-electron chi connectivity index (χ4n) is 3.63. The standard InChI is InChI=1S/C19H31N3/c1-21-11-13-22(14-12-21)10-8-17-4-6-18(7-5-17)15-19-3-2-9-20-16-19/h4-7,19-20H,2-3,8-16H2,1H3. The van der Waals surface area contributed by atoms with Crippen molar-refractivity contribution in [3.05, 3.63) is 35.4 Å². The van der Waals surface area contributed by atoms with Crippen molar-refractivity contribution < 1.29 is 0 Å². The van der Waals surface area contributed by atoms with Gasteiger partial charge in [0.25, 0.3) is 0 Å². The molecule has 1 unspecified atom stereocenters. The number of benzene rings is 1. The van der Waals surface area contributed by atoms with Crippen molar-refractivity contribution in [3.8, 4) is 0 Å². The summed E-state index contributed by atoms with van der Waals surface area (Å²) in [5, 5.41) is 3.52. The molecule has 2 aliphatic rings. The molecule has 0 aromatic heterocycles. The third-order valence-electron chi connectivity index (χ3n) is 5.26. The van der Waals surface area contributed by atoms with E-state index in [0.29, 0.717) is 0 Å². The minimum absolute atomic E-state index is 0.838. The molecule has 0 aliphatic carbocycles. The molecule has 1 aromatic carbocycles. The van der Waals surface area contributed by atoms with Crippen molar-refractivity contribution in [2.24, 2.45) is 5.92 Å². The van der Waals surface area contributed by atoms with Gasteiger partial charge in [-0.2, -0.15) is 0 Å². The summed E-state index contributed by atoms with van der Waals surface area (Å²) in [6, 6.07) is 9.41. The average molecular weight is 301 g/mol. The molecule has 122 valence electrons. The average Bonchev–Trinajstić information content (AvgIpc) is 2.57. The van der Waals surface area contributed by atoms with Gasteiger partial charge in [-0.3, -0.25) is 0 Å². The Bertz CT molecular complexity index is 428. The van der Waals surface area contributed by atoms with E-state index in [4.69, 9.17) is 0 Å². The van der Waals surface area contributed by atoms with Crippen molar-refractivity contribution in [2.75, 3.05) is 52.9 Å². The van der Waals surface area contributed by atoms with Crippen LogP contribution in [0.1, 0.15) is 24.0 Å². The van der Waals surface area contributed by atoms with Crippen LogP contribution in [0.3, 0.4) is 0 Å². The van der Waals surface area contributed by atoms with Crippen molar-refractivity contribution in [3.63, 3.8) is 0 Å². The van der Waals surface area contributed by atoms with Crippen LogP contribution in [0.4, 0.5) is 0 Å². The molecule has 0 saturated carbocycles. The summed E-state index contributed by atoms with van der Waals surface area (Å²) < 4.78 is 0. The van der Waals surface area contributed by atoms with Gasteiger partial charge in [0.15, 0.2) is 0 Å². The maximum absolute atomic E-state index is 3.52. The SMILES string of the molecule is CN1CCN(CCc2ccc(CC3CCCNC3)cc2)CC1. The minimum Gasteiger partial charge on any atom is -0.316 e. The van der Waals surface area contributed by atoms with E-state index in [9.17, 15) is 0 Å². The lowest BCUT2D eigenvalue weighted by Crippen LogP contribution is -2.45. The summed E-state index contributed by atoms with van der Waals surface area (Å²) in [6.45, 7) is 8.50. The number of rotatable bonds is 5. The van der Waals surface area contributed by atoms with Crippen LogP contribution in [0.25, 0.3) is 0 Å². The molecular formula is C19H31N3. The Labute approximate surface area is 135 Å². The molecule has 3 nitrogen and oxygen atoms in total. The van der Waals surface area contributed by atoms with Gasteiger partial charge in [-0.25, -0.2) is 0 Å². The van der Waals surface area contributed by atoms with Crippen LogP contribution in [-0.2, 0) is 12.8 Å². The van der Waals surface area contributed by atoms with Crippen LogP contribution in [0.5, 0.6) is 0 Å². The van der Waals surface area contributed by atoms with E-state index in [2.05, 4.69) is 46.4 Å². The number of hydrogen-bond donors (Lipinski definition) is 1. The summed E-state index contributed by atoms with van der Waals surface area (Å²) in [5.41, 5.74) is 3.00. The normalized spacial score (nSPS) is 24.5. The van der Waals surface area contributed by atoms with Gasteiger partial charge in [-0.05, 0) is 62.9 Å². The van der Waals surface area contributed by atoms with Gasteiger partial charge in [0, 0.05) is 32.7 Å². The van der Waals surface area contributed by atoms with Crippen LogP contribution >= 0.6 is 0 Å². The molecule has 2 saturated heterocycles. The molecule has 1 aromatic rings. The monoisotopic (exact) mass is 301 g/mol. The fraction of sp³-hybridized carbons (Fsp3) is 0.684. The van der Waals surface area contributed by atoms with Gasteiger partial charge in [0.2, 0.25) is 0 Å². The zero-order valence-electron chi connectivity index (χ0n) is 14.1. The second-order valence-electron chi connectivity index (χ2n) is 7.13. The van der Waals surface area contributed by atoms with E-state index in [0.717, 1.165) is 5.92 Å². The first-order valence-electron chi connectivity index (χ1n) is 8.99. The third-order valence-corrected chi connectivity index (χ3v) is 5.26. The second kappa shape index (κ2) is 8.09. The number of nitrogens with zero attached hydrogens (tertiary/aromatic N) is 2. The third kappa shape index (κ3) is 4.80. The molecule has 0 amide bonds. The van der Waals surface area contributed by atoms with Crippen LogP contribution < -0.4 is 5.32 Å². The van der Waals surface area contributed by atoms with E-state index in [1.807, 2.05) is 0 Å². The Morgan fingerprint density at radius 1 is 1.05 bits per heavy atom. The summed E-state index contributed by atoms with van der Waals surface area (Å²) in [7, 11) is 2.22. The number of hydrogen-bond acceptors (Lipinski definition) is 3. The molecule has 0 bridgehead atoms. The van der Waals surface area contributed by atoms with Gasteiger partial charge in [0.1, 0.15) is 0 Å². The molecule has 2 heterocycles. The molecule has 3 heteroatoms. The molecular weight excluding hydrogens is 270 g/mol. The second-order valence-corrected chi connectivity index (χ2v) is 7.13. The lowest BCUT2D eigenvalue weighted by Gasteiger charge is -2.32. The summed E-state index contributed by atoms with van der Waals surface area (Å²) in [4.78, 5) is 5.02. The first kappa shape index (κ1) is 16.0. The smallest absolute Gasteiger partial charge is 0.0110 e. The Morgan fingerprint density at radius 2 is 1.77 bits per heavy atom. The fourth-order valence-corrected chi connectivity index (χ4v) is 3.63. The molecule has 22 heavy (non-hydrogen) atoms. The zero-order valence-corrected chi connectivity index (χ0v) is 14.1. The predicted octanol–water partition coefficient (Wildman–Crippen LogP) is 2.02. The Morgan fingerprint density at radius 3 is 2.45 bits per heavy atom. The quantitative estimate of drug-likeness (QED) is 0.898. The Kier molecular flexibility index (Phi) is 5.88. The highest BCUT2D eigenvalue weighted by Gasteiger charge is 2.14. The lowest BCUT2D eigenvalue weighted by molar-refractivity contribution is 0.155. The maximum Gasteiger partial charge on any atom is 0.0110 e. The van der Waals surface area contributed by atoms with Crippen molar-refractivity contribution in [1.29, 1.82) is 0 Å². The van der Waals surface area contributed by atoms with E-state index in [-0.39, 0.29) is 0 Å². The molecule has 0 spiro atoms. The van der Waals surface area contributed by atoms with Crippen molar-refractivity contribution >= 4 is 0 Å². The topological polar surface area (TPSA) is 18.5 Å². The maximum atomic E-state index is 3.52. The van der Waals surface area contributed by atoms with Gasteiger partial charge < -0.3 is 15.1 Å². The van der Waals surface area contributed by atoms with Gasteiger partial charge in [-0.1, -0.05) is 24.3 Å². The number of nitrogens with one attached hydrogen (secondary N) is 1.